The largest absolute Gasteiger partial charge is 0.382 e. The second kappa shape index (κ2) is 5.68. The van der Waals surface area contributed by atoms with E-state index in [-0.39, 0.29) is 6.10 Å². The zero-order chi connectivity index (χ0) is 13.9. The monoisotopic (exact) mass is 278 g/mol. The van der Waals surface area contributed by atoms with Gasteiger partial charge < -0.3 is 15.2 Å². The smallest absolute Gasteiger partial charge is 0.184 e. The number of rotatable bonds is 4. The Labute approximate surface area is 116 Å². The maximum atomic E-state index is 5.88. The molecule has 108 valence electrons. The van der Waals surface area contributed by atoms with Crippen molar-refractivity contribution in [3.8, 4) is 0 Å². The van der Waals surface area contributed by atoms with Gasteiger partial charge in [-0.2, -0.15) is 0 Å². The maximum Gasteiger partial charge on any atom is 0.184 e. The van der Waals surface area contributed by atoms with Gasteiger partial charge in [0.25, 0.3) is 0 Å². The summed E-state index contributed by atoms with van der Waals surface area (Å²) in [6.07, 6.45) is 3.51. The van der Waals surface area contributed by atoms with Crippen LogP contribution in [0.15, 0.2) is 0 Å². The number of nitrogens with two attached hydrogens (primary N) is 1. The molecular weight excluding hydrogens is 260 g/mol. The van der Waals surface area contributed by atoms with E-state index >= 15 is 0 Å². The molecule has 1 atom stereocenters. The molecule has 1 aliphatic heterocycles. The Morgan fingerprint density at radius 2 is 2.30 bits per heavy atom. The van der Waals surface area contributed by atoms with Crippen molar-refractivity contribution in [2.24, 2.45) is 0 Å². The lowest BCUT2D eigenvalue weighted by Gasteiger charge is -2.22. The van der Waals surface area contributed by atoms with Crippen LogP contribution in [0.25, 0.3) is 11.2 Å². The molecule has 3 heterocycles. The van der Waals surface area contributed by atoms with E-state index < -0.39 is 0 Å². The SMILES string of the molecule is COCc1nc(N)c2nnn(CC3CCCCO3)c2n1. The van der Waals surface area contributed by atoms with Gasteiger partial charge in [0.05, 0.1) is 12.6 Å². The van der Waals surface area contributed by atoms with E-state index in [0.29, 0.717) is 36.0 Å². The summed E-state index contributed by atoms with van der Waals surface area (Å²) in [5.74, 6) is 0.864. The minimum atomic E-state index is 0.163. The molecule has 0 aromatic carbocycles. The van der Waals surface area contributed by atoms with Crippen molar-refractivity contribution in [1.29, 1.82) is 0 Å². The summed E-state index contributed by atoms with van der Waals surface area (Å²) < 4.78 is 12.5. The first kappa shape index (κ1) is 13.2. The normalized spacial score (nSPS) is 19.6. The summed E-state index contributed by atoms with van der Waals surface area (Å²) in [7, 11) is 1.59. The quantitative estimate of drug-likeness (QED) is 0.869. The average Bonchev–Trinajstić information content (AvgIpc) is 2.84. The Morgan fingerprint density at radius 3 is 3.05 bits per heavy atom. The molecule has 2 aromatic rings. The number of anilines is 1. The van der Waals surface area contributed by atoms with Crippen LogP contribution in [-0.2, 0) is 22.6 Å². The predicted octanol–water partition coefficient (Wildman–Crippen LogP) is 0.519. The molecule has 2 aromatic heterocycles. The standard InChI is InChI=1S/C12H18N6O2/c1-19-7-9-14-11(13)10-12(15-9)18(17-16-10)6-8-4-2-3-5-20-8/h8H,2-7H2,1H3,(H2,13,14,15). The molecule has 1 aliphatic rings. The van der Waals surface area contributed by atoms with Crippen molar-refractivity contribution in [3.05, 3.63) is 5.82 Å². The Bertz CT molecular complexity index is 593. The predicted molar refractivity (Wildman–Crippen MR) is 71.8 cm³/mol. The number of fused-ring (bicyclic) bond motifs is 1. The van der Waals surface area contributed by atoms with Gasteiger partial charge in [-0.15, -0.1) is 5.10 Å². The molecule has 1 fully saturated rings. The van der Waals surface area contributed by atoms with Crippen molar-refractivity contribution in [3.63, 3.8) is 0 Å². The van der Waals surface area contributed by atoms with E-state index in [2.05, 4.69) is 20.3 Å². The first-order valence-electron chi connectivity index (χ1n) is 6.74. The van der Waals surface area contributed by atoms with Gasteiger partial charge in [-0.05, 0) is 19.3 Å². The number of ether oxygens (including phenoxy) is 2. The van der Waals surface area contributed by atoms with Gasteiger partial charge in [-0.3, -0.25) is 0 Å². The Kier molecular flexibility index (Phi) is 3.75. The second-order valence-corrected chi connectivity index (χ2v) is 4.89. The third-order valence-electron chi connectivity index (χ3n) is 3.36. The van der Waals surface area contributed by atoms with Crippen LogP contribution in [0.3, 0.4) is 0 Å². The number of hydrogen-bond acceptors (Lipinski definition) is 7. The van der Waals surface area contributed by atoms with Crippen LogP contribution in [0.2, 0.25) is 0 Å². The fourth-order valence-corrected chi connectivity index (χ4v) is 2.38. The Balaban J connectivity index is 1.90. The van der Waals surface area contributed by atoms with Crippen molar-refractivity contribution in [1.82, 2.24) is 25.0 Å². The summed E-state index contributed by atoms with van der Waals surface area (Å²) in [5.41, 5.74) is 7.05. The van der Waals surface area contributed by atoms with Gasteiger partial charge in [-0.1, -0.05) is 5.21 Å². The van der Waals surface area contributed by atoms with Crippen molar-refractivity contribution in [2.45, 2.75) is 38.5 Å². The highest BCUT2D eigenvalue weighted by molar-refractivity contribution is 5.80. The van der Waals surface area contributed by atoms with Crippen LogP contribution in [-0.4, -0.2) is 44.8 Å². The number of methoxy groups -OCH3 is 1. The minimum absolute atomic E-state index is 0.163. The number of aromatic nitrogens is 5. The third-order valence-corrected chi connectivity index (χ3v) is 3.36. The van der Waals surface area contributed by atoms with Gasteiger partial charge in [0.1, 0.15) is 6.61 Å². The van der Waals surface area contributed by atoms with Crippen LogP contribution < -0.4 is 5.73 Å². The molecule has 8 heteroatoms. The fourth-order valence-electron chi connectivity index (χ4n) is 2.38. The van der Waals surface area contributed by atoms with Crippen molar-refractivity contribution in [2.75, 3.05) is 19.5 Å². The molecule has 1 saturated heterocycles. The highest BCUT2D eigenvalue weighted by Crippen LogP contribution is 2.18. The lowest BCUT2D eigenvalue weighted by molar-refractivity contribution is 0.00432. The van der Waals surface area contributed by atoms with E-state index in [1.54, 1.807) is 11.8 Å². The summed E-state index contributed by atoms with van der Waals surface area (Å²) in [4.78, 5) is 8.56. The highest BCUT2D eigenvalue weighted by atomic mass is 16.5. The van der Waals surface area contributed by atoms with Crippen LogP contribution in [0.1, 0.15) is 25.1 Å². The molecule has 0 aliphatic carbocycles. The van der Waals surface area contributed by atoms with Gasteiger partial charge >= 0.3 is 0 Å². The fraction of sp³-hybridized carbons (Fsp3) is 0.667. The van der Waals surface area contributed by atoms with Crippen molar-refractivity contribution < 1.29 is 9.47 Å². The van der Waals surface area contributed by atoms with Crippen LogP contribution in [0.4, 0.5) is 5.82 Å². The highest BCUT2D eigenvalue weighted by Gasteiger charge is 2.18. The van der Waals surface area contributed by atoms with E-state index in [1.807, 2.05) is 0 Å². The summed E-state index contributed by atoms with van der Waals surface area (Å²) in [6.45, 7) is 1.76. The first-order valence-corrected chi connectivity index (χ1v) is 6.74. The summed E-state index contributed by atoms with van der Waals surface area (Å²) in [5, 5.41) is 8.17. The van der Waals surface area contributed by atoms with Crippen LogP contribution in [0, 0.1) is 0 Å². The second-order valence-electron chi connectivity index (χ2n) is 4.89. The summed E-state index contributed by atoms with van der Waals surface area (Å²) >= 11 is 0. The van der Waals surface area contributed by atoms with E-state index in [4.69, 9.17) is 15.2 Å². The zero-order valence-corrected chi connectivity index (χ0v) is 11.4. The molecule has 0 amide bonds. The molecule has 8 nitrogen and oxygen atoms in total. The van der Waals surface area contributed by atoms with Crippen LogP contribution in [0.5, 0.6) is 0 Å². The lowest BCUT2D eigenvalue weighted by atomic mass is 10.1. The number of nitrogens with zero attached hydrogens (tertiary/aromatic N) is 5. The topological polar surface area (TPSA) is 101 Å². The molecule has 20 heavy (non-hydrogen) atoms. The van der Waals surface area contributed by atoms with Crippen LogP contribution >= 0.6 is 0 Å². The average molecular weight is 278 g/mol. The van der Waals surface area contributed by atoms with Gasteiger partial charge in [0.15, 0.2) is 22.8 Å². The summed E-state index contributed by atoms with van der Waals surface area (Å²) in [6, 6.07) is 0. The molecule has 0 radical (unpaired) electrons. The number of nitrogen functional groups attached to an aromatic ring is 1. The van der Waals surface area contributed by atoms with E-state index in [1.165, 1.54) is 6.42 Å². The molecule has 0 spiro atoms. The minimum Gasteiger partial charge on any atom is -0.382 e. The van der Waals surface area contributed by atoms with Crippen molar-refractivity contribution >= 4 is 17.0 Å². The zero-order valence-electron chi connectivity index (χ0n) is 11.4. The molecule has 0 bridgehead atoms. The Morgan fingerprint density at radius 1 is 1.40 bits per heavy atom. The Hall–Kier alpha value is -1.80. The van der Waals surface area contributed by atoms with Gasteiger partial charge in [0, 0.05) is 13.7 Å². The first-order chi connectivity index (χ1) is 9.78. The lowest BCUT2D eigenvalue weighted by Crippen LogP contribution is -2.25. The number of hydrogen-bond donors (Lipinski definition) is 1. The molecule has 1 unspecified atom stereocenters. The van der Waals surface area contributed by atoms with Gasteiger partial charge in [-0.25, -0.2) is 14.6 Å². The van der Waals surface area contributed by atoms with Gasteiger partial charge in [0.2, 0.25) is 0 Å². The van der Waals surface area contributed by atoms with E-state index in [0.717, 1.165) is 19.4 Å². The molecular formula is C12H18N6O2. The van der Waals surface area contributed by atoms with E-state index in [9.17, 15) is 0 Å². The molecule has 2 N–H and O–H groups in total. The molecule has 3 rings (SSSR count). The maximum absolute atomic E-state index is 5.88. The third kappa shape index (κ3) is 2.56. The molecule has 0 saturated carbocycles.